The Morgan fingerprint density at radius 2 is 1.77 bits per heavy atom. The van der Waals surface area contributed by atoms with Gasteiger partial charge in [-0.05, 0) is 31.4 Å². The predicted octanol–water partition coefficient (Wildman–Crippen LogP) is 3.84. The summed E-state index contributed by atoms with van der Waals surface area (Å²) in [4.78, 5) is 11.7. The Morgan fingerprint density at radius 3 is 2.48 bits per heavy atom. The average Bonchev–Trinajstić information content (AvgIpc) is 2.99. The SMILES string of the molecule is Cc1c(C2=NN(CCC(C)C)S(=O)(=O)c3ccccc32)c2ccccc2n1CC(=O)O. The van der Waals surface area contributed by atoms with E-state index in [1.54, 1.807) is 28.8 Å². The van der Waals surface area contributed by atoms with E-state index in [4.69, 9.17) is 0 Å². The molecular formula is C23H25N3O4S. The van der Waals surface area contributed by atoms with E-state index < -0.39 is 16.0 Å². The summed E-state index contributed by atoms with van der Waals surface area (Å²) in [5.74, 6) is -0.618. The van der Waals surface area contributed by atoms with E-state index in [-0.39, 0.29) is 18.0 Å². The molecule has 0 fully saturated rings. The van der Waals surface area contributed by atoms with Crippen LogP contribution < -0.4 is 0 Å². The minimum absolute atomic E-state index is 0.184. The lowest BCUT2D eigenvalue weighted by Gasteiger charge is -2.27. The maximum atomic E-state index is 13.2. The van der Waals surface area contributed by atoms with Gasteiger partial charge in [0.05, 0.1) is 11.4 Å². The number of sulfonamides is 1. The summed E-state index contributed by atoms with van der Waals surface area (Å²) in [6.07, 6.45) is 0.679. The van der Waals surface area contributed by atoms with Crippen LogP contribution in [-0.4, -0.2) is 40.7 Å². The van der Waals surface area contributed by atoms with Gasteiger partial charge in [-0.25, -0.2) is 0 Å². The Hall–Kier alpha value is -3.13. The maximum absolute atomic E-state index is 13.2. The number of fused-ring (bicyclic) bond motifs is 2. The first kappa shape index (κ1) is 21.1. The third-order valence-electron chi connectivity index (χ3n) is 5.57. The summed E-state index contributed by atoms with van der Waals surface area (Å²) < 4.78 is 29.4. The molecule has 7 nitrogen and oxygen atoms in total. The van der Waals surface area contributed by atoms with Crippen molar-refractivity contribution in [3.63, 3.8) is 0 Å². The molecule has 162 valence electrons. The third kappa shape index (κ3) is 3.61. The lowest BCUT2D eigenvalue weighted by atomic mass is 9.99. The van der Waals surface area contributed by atoms with Gasteiger partial charge in [-0.3, -0.25) is 4.79 Å². The second-order valence-corrected chi connectivity index (χ2v) is 9.95. The van der Waals surface area contributed by atoms with Gasteiger partial charge in [0.2, 0.25) is 0 Å². The third-order valence-corrected chi connectivity index (χ3v) is 7.30. The van der Waals surface area contributed by atoms with Crippen LogP contribution in [-0.2, 0) is 21.4 Å². The highest BCUT2D eigenvalue weighted by molar-refractivity contribution is 7.89. The highest BCUT2D eigenvalue weighted by Crippen LogP contribution is 2.34. The van der Waals surface area contributed by atoms with E-state index in [9.17, 15) is 18.3 Å². The molecule has 3 aromatic rings. The van der Waals surface area contributed by atoms with Gasteiger partial charge < -0.3 is 9.67 Å². The van der Waals surface area contributed by atoms with Crippen LogP contribution in [0.1, 0.15) is 37.1 Å². The number of nitrogens with zero attached hydrogens (tertiary/aromatic N) is 3. The Kier molecular flexibility index (Phi) is 5.35. The highest BCUT2D eigenvalue weighted by atomic mass is 32.2. The van der Waals surface area contributed by atoms with Gasteiger partial charge in [0, 0.05) is 27.7 Å². The first-order chi connectivity index (χ1) is 14.7. The number of carbonyl (C=O) groups is 1. The fraction of sp³-hybridized carbons (Fsp3) is 0.304. The normalized spacial score (nSPS) is 15.2. The van der Waals surface area contributed by atoms with Gasteiger partial charge in [-0.15, -0.1) is 0 Å². The van der Waals surface area contributed by atoms with Crippen LogP contribution in [0.2, 0.25) is 0 Å². The van der Waals surface area contributed by atoms with Gasteiger partial charge >= 0.3 is 5.97 Å². The number of hydrogen-bond donors (Lipinski definition) is 1. The van der Waals surface area contributed by atoms with Crippen LogP contribution in [0, 0.1) is 12.8 Å². The zero-order valence-electron chi connectivity index (χ0n) is 17.7. The summed E-state index contributed by atoms with van der Waals surface area (Å²) in [6, 6.07) is 14.4. The number of carboxylic acids is 1. The van der Waals surface area contributed by atoms with Crippen molar-refractivity contribution in [3.05, 3.63) is 65.4 Å². The maximum Gasteiger partial charge on any atom is 0.323 e. The van der Waals surface area contributed by atoms with Gasteiger partial charge in [0.15, 0.2) is 0 Å². The molecule has 4 rings (SSSR count). The lowest BCUT2D eigenvalue weighted by molar-refractivity contribution is -0.137. The first-order valence-electron chi connectivity index (χ1n) is 10.2. The Morgan fingerprint density at radius 1 is 1.10 bits per heavy atom. The minimum atomic E-state index is -3.75. The second kappa shape index (κ2) is 7.85. The molecule has 2 aromatic carbocycles. The van der Waals surface area contributed by atoms with Crippen LogP contribution >= 0.6 is 0 Å². The van der Waals surface area contributed by atoms with E-state index in [1.165, 1.54) is 4.41 Å². The molecule has 0 bridgehead atoms. The fourth-order valence-corrected chi connectivity index (χ4v) is 5.47. The molecule has 8 heteroatoms. The highest BCUT2D eigenvalue weighted by Gasteiger charge is 2.34. The number of rotatable bonds is 6. The van der Waals surface area contributed by atoms with E-state index in [1.807, 2.05) is 45.0 Å². The molecule has 1 N–H and O–H groups in total. The molecule has 0 aliphatic carbocycles. The minimum Gasteiger partial charge on any atom is -0.480 e. The van der Waals surface area contributed by atoms with Crippen molar-refractivity contribution >= 4 is 32.6 Å². The number of aliphatic carboxylic acids is 1. The molecule has 0 saturated carbocycles. The smallest absolute Gasteiger partial charge is 0.323 e. The van der Waals surface area contributed by atoms with E-state index in [0.717, 1.165) is 22.2 Å². The van der Waals surface area contributed by atoms with Crippen LogP contribution in [0.15, 0.2) is 58.5 Å². The molecule has 0 spiro atoms. The van der Waals surface area contributed by atoms with Crippen molar-refractivity contribution in [1.29, 1.82) is 0 Å². The number of hydrazone groups is 1. The number of para-hydroxylation sites is 1. The van der Waals surface area contributed by atoms with Gasteiger partial charge in [-0.2, -0.15) is 17.9 Å². The van der Waals surface area contributed by atoms with Crippen molar-refractivity contribution < 1.29 is 18.3 Å². The van der Waals surface area contributed by atoms with Crippen molar-refractivity contribution in [3.8, 4) is 0 Å². The zero-order valence-corrected chi connectivity index (χ0v) is 18.6. The fourth-order valence-electron chi connectivity index (χ4n) is 4.01. The molecule has 0 saturated heterocycles. The van der Waals surface area contributed by atoms with Crippen molar-refractivity contribution in [2.45, 2.75) is 38.6 Å². The van der Waals surface area contributed by atoms with Crippen LogP contribution in [0.4, 0.5) is 0 Å². The molecular weight excluding hydrogens is 414 g/mol. The monoisotopic (exact) mass is 439 g/mol. The molecule has 0 atom stereocenters. The molecule has 31 heavy (non-hydrogen) atoms. The Balaban J connectivity index is 1.99. The van der Waals surface area contributed by atoms with Gasteiger partial charge in [-0.1, -0.05) is 50.2 Å². The molecule has 1 aliphatic heterocycles. The number of aromatic nitrogens is 1. The van der Waals surface area contributed by atoms with Gasteiger partial charge in [0.1, 0.15) is 12.3 Å². The van der Waals surface area contributed by atoms with Crippen molar-refractivity contribution in [1.82, 2.24) is 8.98 Å². The first-order valence-corrected chi connectivity index (χ1v) is 11.7. The summed E-state index contributed by atoms with van der Waals surface area (Å²) >= 11 is 0. The Labute approximate surface area is 181 Å². The average molecular weight is 440 g/mol. The second-order valence-electron chi connectivity index (χ2n) is 8.14. The lowest BCUT2D eigenvalue weighted by Crippen LogP contribution is -2.34. The van der Waals surface area contributed by atoms with Crippen LogP contribution in [0.25, 0.3) is 10.9 Å². The van der Waals surface area contributed by atoms with Gasteiger partial charge in [0.25, 0.3) is 10.0 Å². The van der Waals surface area contributed by atoms with Crippen LogP contribution in [0.5, 0.6) is 0 Å². The largest absolute Gasteiger partial charge is 0.480 e. The summed E-state index contributed by atoms with van der Waals surface area (Å²) in [6.45, 7) is 6.03. The summed E-state index contributed by atoms with van der Waals surface area (Å²) in [5.41, 5.74) is 3.35. The standard InChI is InChI=1S/C23H25N3O4S/c1-15(2)12-13-26-24-23(18-9-5-7-11-20(18)31(26,29)30)22-16(3)25(14-21(27)28)19-10-6-4-8-17(19)22/h4-11,15H,12-14H2,1-3H3,(H,27,28). The molecule has 1 aliphatic rings. The van der Waals surface area contributed by atoms with Crippen molar-refractivity contribution in [2.24, 2.45) is 11.0 Å². The zero-order chi connectivity index (χ0) is 22.3. The van der Waals surface area contributed by atoms with Crippen LogP contribution in [0.3, 0.4) is 0 Å². The topological polar surface area (TPSA) is 92.0 Å². The quantitative estimate of drug-likeness (QED) is 0.632. The molecule has 2 heterocycles. The van der Waals surface area contributed by atoms with E-state index in [0.29, 0.717) is 23.6 Å². The predicted molar refractivity (Wildman–Crippen MR) is 120 cm³/mol. The summed E-state index contributed by atoms with van der Waals surface area (Å²) in [7, 11) is -3.75. The Bertz CT molecular complexity index is 1310. The summed E-state index contributed by atoms with van der Waals surface area (Å²) in [5, 5.41) is 14.9. The van der Waals surface area contributed by atoms with Crippen molar-refractivity contribution in [2.75, 3.05) is 6.54 Å². The molecule has 0 radical (unpaired) electrons. The van der Waals surface area contributed by atoms with E-state index in [2.05, 4.69) is 5.10 Å². The molecule has 0 unspecified atom stereocenters. The number of carboxylic acid groups (broad SMARTS) is 1. The number of benzene rings is 2. The van der Waals surface area contributed by atoms with E-state index >= 15 is 0 Å². The number of hydrogen-bond acceptors (Lipinski definition) is 4. The molecule has 1 aromatic heterocycles. The molecule has 0 amide bonds.